The van der Waals surface area contributed by atoms with Gasteiger partial charge in [-0.3, -0.25) is 10.1 Å². The van der Waals surface area contributed by atoms with E-state index in [2.05, 4.69) is 34.8 Å². The van der Waals surface area contributed by atoms with Gasteiger partial charge in [-0.25, -0.2) is 9.79 Å². The van der Waals surface area contributed by atoms with Crippen LogP contribution in [0.5, 0.6) is 11.5 Å². The zero-order valence-corrected chi connectivity index (χ0v) is 18.8. The average Bonchev–Trinajstić information content (AvgIpc) is 3.07. The maximum absolute atomic E-state index is 12.3. The minimum absolute atomic E-state index is 0.0579. The number of esters is 1. The second kappa shape index (κ2) is 9.74. The number of halogens is 1. The zero-order valence-electron chi connectivity index (χ0n) is 17.3. The van der Waals surface area contributed by atoms with E-state index in [-0.39, 0.29) is 17.3 Å². The van der Waals surface area contributed by atoms with Crippen molar-refractivity contribution >= 4 is 39.6 Å². The molecule has 1 aliphatic rings. The summed E-state index contributed by atoms with van der Waals surface area (Å²) in [7, 11) is 0. The van der Waals surface area contributed by atoms with E-state index in [1.54, 1.807) is 18.2 Å². The number of hydrogen-bond acceptors (Lipinski definition) is 7. The molecule has 0 aliphatic carbocycles. The molecule has 2 aromatic carbocycles. The summed E-state index contributed by atoms with van der Waals surface area (Å²) in [6.45, 7) is 6.97. The summed E-state index contributed by atoms with van der Waals surface area (Å²) in [4.78, 5) is 26.8. The zero-order chi connectivity index (χ0) is 22.5. The third kappa shape index (κ3) is 5.49. The van der Waals surface area contributed by atoms with Crippen molar-refractivity contribution in [2.75, 3.05) is 13.2 Å². The molecule has 0 amide bonds. The molecule has 0 N–H and O–H groups in total. The van der Waals surface area contributed by atoms with Crippen LogP contribution in [-0.4, -0.2) is 30.0 Å². The standard InChI is InChI=1S/C22H21BrN2O6/c1-4-29-19-11-14(9-17(23)20(19)30-12-13(2)3)10-18-22(26)31-21(24-18)15-5-7-16(8-6-15)25(27)28/h5-11,13H,4,12H2,1-3H3/b18-10-. The van der Waals surface area contributed by atoms with Crippen LogP contribution in [0.4, 0.5) is 5.69 Å². The molecule has 31 heavy (non-hydrogen) atoms. The van der Waals surface area contributed by atoms with Gasteiger partial charge in [0.2, 0.25) is 5.90 Å². The first kappa shape index (κ1) is 22.5. The first-order valence-corrected chi connectivity index (χ1v) is 10.4. The van der Waals surface area contributed by atoms with Gasteiger partial charge < -0.3 is 14.2 Å². The molecule has 1 heterocycles. The number of nitrogens with zero attached hydrogens (tertiary/aromatic N) is 2. The van der Waals surface area contributed by atoms with Crippen LogP contribution < -0.4 is 9.47 Å². The van der Waals surface area contributed by atoms with Crippen LogP contribution in [0.15, 0.2) is 51.6 Å². The Morgan fingerprint density at radius 2 is 1.94 bits per heavy atom. The number of hydrogen-bond donors (Lipinski definition) is 0. The van der Waals surface area contributed by atoms with Crippen molar-refractivity contribution in [1.82, 2.24) is 0 Å². The Hall–Kier alpha value is -3.20. The van der Waals surface area contributed by atoms with Crippen LogP contribution in [0, 0.1) is 16.0 Å². The highest BCUT2D eigenvalue weighted by molar-refractivity contribution is 9.10. The normalized spacial score (nSPS) is 14.5. The lowest BCUT2D eigenvalue weighted by Crippen LogP contribution is -2.07. The van der Waals surface area contributed by atoms with E-state index in [4.69, 9.17) is 14.2 Å². The molecule has 0 atom stereocenters. The molecule has 0 radical (unpaired) electrons. The van der Waals surface area contributed by atoms with Gasteiger partial charge >= 0.3 is 5.97 Å². The number of carbonyl (C=O) groups is 1. The second-order valence-corrected chi connectivity index (χ2v) is 7.96. The van der Waals surface area contributed by atoms with E-state index >= 15 is 0 Å². The number of nitro groups is 1. The summed E-state index contributed by atoms with van der Waals surface area (Å²) >= 11 is 3.51. The number of nitro benzene ring substituents is 1. The van der Waals surface area contributed by atoms with Gasteiger partial charge in [-0.1, -0.05) is 13.8 Å². The van der Waals surface area contributed by atoms with E-state index in [1.807, 2.05) is 6.92 Å². The van der Waals surface area contributed by atoms with Gasteiger partial charge in [-0.15, -0.1) is 0 Å². The molecule has 1 aliphatic heterocycles. The number of carbonyl (C=O) groups excluding carboxylic acids is 1. The van der Waals surface area contributed by atoms with E-state index in [1.165, 1.54) is 24.3 Å². The minimum Gasteiger partial charge on any atom is -0.490 e. The van der Waals surface area contributed by atoms with Gasteiger partial charge in [-0.05, 0) is 64.7 Å². The van der Waals surface area contributed by atoms with Crippen molar-refractivity contribution in [2.45, 2.75) is 20.8 Å². The van der Waals surface area contributed by atoms with Crippen molar-refractivity contribution in [3.63, 3.8) is 0 Å². The number of rotatable bonds is 8. The molecule has 0 bridgehead atoms. The predicted octanol–water partition coefficient (Wildman–Crippen LogP) is 5.14. The summed E-state index contributed by atoms with van der Waals surface area (Å²) in [6.07, 6.45) is 1.58. The van der Waals surface area contributed by atoms with Crippen molar-refractivity contribution < 1.29 is 23.9 Å². The Balaban J connectivity index is 1.91. The van der Waals surface area contributed by atoms with Gasteiger partial charge in [0.25, 0.3) is 5.69 Å². The van der Waals surface area contributed by atoms with Crippen LogP contribution in [0.2, 0.25) is 0 Å². The Kier molecular flexibility index (Phi) is 7.06. The summed E-state index contributed by atoms with van der Waals surface area (Å²) in [6, 6.07) is 9.20. The summed E-state index contributed by atoms with van der Waals surface area (Å²) in [5.41, 5.74) is 1.19. The minimum atomic E-state index is -0.609. The van der Waals surface area contributed by atoms with Crippen molar-refractivity contribution in [3.05, 3.63) is 67.8 Å². The Morgan fingerprint density at radius 3 is 2.55 bits per heavy atom. The van der Waals surface area contributed by atoms with Crippen LogP contribution in [0.3, 0.4) is 0 Å². The molecular weight excluding hydrogens is 468 g/mol. The molecule has 0 fully saturated rings. The molecule has 0 aromatic heterocycles. The average molecular weight is 489 g/mol. The molecule has 0 saturated heterocycles. The fourth-order valence-electron chi connectivity index (χ4n) is 2.74. The third-order valence-corrected chi connectivity index (χ3v) is 4.73. The Labute approximate surface area is 187 Å². The highest BCUT2D eigenvalue weighted by atomic mass is 79.9. The van der Waals surface area contributed by atoms with Crippen molar-refractivity contribution in [1.29, 1.82) is 0 Å². The summed E-state index contributed by atoms with van der Waals surface area (Å²) in [5.74, 6) is 0.982. The highest BCUT2D eigenvalue weighted by Gasteiger charge is 2.25. The fourth-order valence-corrected chi connectivity index (χ4v) is 3.31. The molecule has 0 saturated carbocycles. The maximum Gasteiger partial charge on any atom is 0.363 e. The topological polar surface area (TPSA) is 100 Å². The van der Waals surface area contributed by atoms with Crippen LogP contribution >= 0.6 is 15.9 Å². The van der Waals surface area contributed by atoms with E-state index in [0.29, 0.717) is 46.2 Å². The lowest BCUT2D eigenvalue weighted by molar-refractivity contribution is -0.384. The molecule has 0 unspecified atom stereocenters. The fraction of sp³-hybridized carbons (Fsp3) is 0.273. The number of aliphatic imine (C=N–C) groups is 1. The smallest absolute Gasteiger partial charge is 0.363 e. The van der Waals surface area contributed by atoms with E-state index in [9.17, 15) is 14.9 Å². The Bertz CT molecular complexity index is 1060. The van der Waals surface area contributed by atoms with Gasteiger partial charge in [0.15, 0.2) is 17.2 Å². The van der Waals surface area contributed by atoms with E-state index < -0.39 is 10.9 Å². The predicted molar refractivity (Wildman–Crippen MR) is 119 cm³/mol. The van der Waals surface area contributed by atoms with Crippen LogP contribution in [0.1, 0.15) is 31.9 Å². The largest absolute Gasteiger partial charge is 0.490 e. The van der Waals surface area contributed by atoms with Crippen molar-refractivity contribution in [2.24, 2.45) is 10.9 Å². The monoisotopic (exact) mass is 488 g/mol. The number of ether oxygens (including phenoxy) is 3. The third-order valence-electron chi connectivity index (χ3n) is 4.14. The molecule has 2 aromatic rings. The van der Waals surface area contributed by atoms with Gasteiger partial charge in [0.05, 0.1) is 22.6 Å². The summed E-state index contributed by atoms with van der Waals surface area (Å²) < 4.78 is 17.5. The first-order chi connectivity index (χ1) is 14.8. The summed E-state index contributed by atoms with van der Waals surface area (Å²) in [5, 5.41) is 10.8. The van der Waals surface area contributed by atoms with Crippen molar-refractivity contribution in [3.8, 4) is 11.5 Å². The molecule has 8 nitrogen and oxygen atoms in total. The second-order valence-electron chi connectivity index (χ2n) is 7.11. The first-order valence-electron chi connectivity index (χ1n) is 9.65. The molecular formula is C22H21BrN2O6. The van der Waals surface area contributed by atoms with Crippen LogP contribution in [-0.2, 0) is 9.53 Å². The number of cyclic esters (lactones) is 1. The quantitative estimate of drug-likeness (QED) is 0.221. The molecule has 0 spiro atoms. The molecule has 9 heteroatoms. The number of benzene rings is 2. The molecule has 162 valence electrons. The maximum atomic E-state index is 12.3. The SMILES string of the molecule is CCOc1cc(/C=C2\N=C(c3ccc([N+](=O)[O-])cc3)OC2=O)cc(Br)c1OCC(C)C. The van der Waals surface area contributed by atoms with Crippen LogP contribution in [0.25, 0.3) is 6.08 Å². The lowest BCUT2D eigenvalue weighted by atomic mass is 10.1. The lowest BCUT2D eigenvalue weighted by Gasteiger charge is -2.16. The number of non-ortho nitro benzene ring substituents is 1. The Morgan fingerprint density at radius 1 is 1.23 bits per heavy atom. The van der Waals surface area contributed by atoms with Gasteiger partial charge in [0.1, 0.15) is 0 Å². The van der Waals surface area contributed by atoms with E-state index in [0.717, 1.165) is 0 Å². The molecule has 3 rings (SSSR count). The van der Waals surface area contributed by atoms with Gasteiger partial charge in [0, 0.05) is 17.7 Å². The highest BCUT2D eigenvalue weighted by Crippen LogP contribution is 2.38. The van der Waals surface area contributed by atoms with Gasteiger partial charge in [-0.2, -0.15) is 0 Å².